The summed E-state index contributed by atoms with van der Waals surface area (Å²) in [6, 6.07) is 8.59. The van der Waals surface area contributed by atoms with Gasteiger partial charge in [-0.3, -0.25) is 0 Å². The van der Waals surface area contributed by atoms with E-state index in [4.69, 9.17) is 9.72 Å². The Morgan fingerprint density at radius 3 is 2.57 bits per heavy atom. The van der Waals surface area contributed by atoms with Crippen LogP contribution in [0.15, 0.2) is 24.3 Å². The van der Waals surface area contributed by atoms with Crippen molar-refractivity contribution < 1.29 is 4.74 Å². The number of hydrogen-bond donors (Lipinski definition) is 1. The predicted octanol–water partition coefficient (Wildman–Crippen LogP) is 3.88. The van der Waals surface area contributed by atoms with Gasteiger partial charge in [-0.2, -0.15) is 0 Å². The first-order chi connectivity index (χ1) is 9.95. The summed E-state index contributed by atoms with van der Waals surface area (Å²) >= 11 is 1.78. The van der Waals surface area contributed by atoms with Crippen LogP contribution in [-0.4, -0.2) is 30.8 Å². The van der Waals surface area contributed by atoms with Crippen LogP contribution in [0.1, 0.15) is 32.7 Å². The van der Waals surface area contributed by atoms with Crippen molar-refractivity contribution in [2.45, 2.75) is 46.3 Å². The van der Waals surface area contributed by atoms with Crippen LogP contribution in [0.4, 0.5) is 0 Å². The van der Waals surface area contributed by atoms with Crippen LogP contribution in [0, 0.1) is 5.41 Å². The van der Waals surface area contributed by atoms with Crippen LogP contribution in [0.5, 0.6) is 0 Å². The number of fused-ring (bicyclic) bond motifs is 1. The Labute approximate surface area is 131 Å². The number of nitrogens with zero attached hydrogens (tertiary/aromatic N) is 1. The van der Waals surface area contributed by atoms with Crippen molar-refractivity contribution in [3.63, 3.8) is 0 Å². The number of ether oxygens (including phenoxy) is 1. The SMILES string of the molecule is CCOC(C(Cc1nc2ccccc2s1)NC)C(C)(C)C. The van der Waals surface area contributed by atoms with Crippen molar-refractivity contribution in [1.82, 2.24) is 10.3 Å². The van der Waals surface area contributed by atoms with Crippen LogP contribution >= 0.6 is 11.3 Å². The van der Waals surface area contributed by atoms with Gasteiger partial charge in [-0.05, 0) is 31.5 Å². The molecule has 2 aromatic rings. The highest BCUT2D eigenvalue weighted by Crippen LogP contribution is 2.29. The Hall–Kier alpha value is -0.970. The molecule has 0 radical (unpaired) electrons. The topological polar surface area (TPSA) is 34.1 Å². The van der Waals surface area contributed by atoms with Crippen LogP contribution in [-0.2, 0) is 11.2 Å². The summed E-state index contributed by atoms with van der Waals surface area (Å²) < 4.78 is 7.28. The monoisotopic (exact) mass is 306 g/mol. The molecule has 0 aliphatic carbocycles. The number of aromatic nitrogens is 1. The van der Waals surface area contributed by atoms with Gasteiger partial charge in [0.2, 0.25) is 0 Å². The maximum atomic E-state index is 6.02. The van der Waals surface area contributed by atoms with Gasteiger partial charge in [0.15, 0.2) is 0 Å². The number of benzene rings is 1. The van der Waals surface area contributed by atoms with E-state index in [-0.39, 0.29) is 17.6 Å². The maximum absolute atomic E-state index is 6.02. The van der Waals surface area contributed by atoms with Crippen molar-refractivity contribution in [2.24, 2.45) is 5.41 Å². The number of hydrogen-bond acceptors (Lipinski definition) is 4. The van der Waals surface area contributed by atoms with E-state index in [1.54, 1.807) is 11.3 Å². The fraction of sp³-hybridized carbons (Fsp3) is 0.588. The third-order valence-electron chi connectivity index (χ3n) is 3.67. The molecule has 0 saturated heterocycles. The van der Waals surface area contributed by atoms with Gasteiger partial charge in [0.05, 0.1) is 21.3 Å². The maximum Gasteiger partial charge on any atom is 0.0955 e. The van der Waals surface area contributed by atoms with Crippen molar-refractivity contribution in [3.8, 4) is 0 Å². The lowest BCUT2D eigenvalue weighted by molar-refractivity contribution is -0.0340. The van der Waals surface area contributed by atoms with Crippen LogP contribution in [0.2, 0.25) is 0 Å². The van der Waals surface area contributed by atoms with Gasteiger partial charge in [-0.25, -0.2) is 4.98 Å². The molecule has 2 atom stereocenters. The van der Waals surface area contributed by atoms with Crippen molar-refractivity contribution in [3.05, 3.63) is 29.3 Å². The first kappa shape index (κ1) is 16.4. The van der Waals surface area contributed by atoms with Gasteiger partial charge in [0, 0.05) is 19.1 Å². The third kappa shape index (κ3) is 4.02. The number of nitrogens with one attached hydrogen (secondary N) is 1. The summed E-state index contributed by atoms with van der Waals surface area (Å²) in [6.45, 7) is 9.49. The molecule has 1 heterocycles. The molecule has 4 heteroatoms. The zero-order valence-corrected chi connectivity index (χ0v) is 14.5. The van der Waals surface area contributed by atoms with Crippen molar-refractivity contribution >= 4 is 21.6 Å². The van der Waals surface area contributed by atoms with E-state index >= 15 is 0 Å². The lowest BCUT2D eigenvalue weighted by Crippen LogP contribution is -2.48. The van der Waals surface area contributed by atoms with Crippen LogP contribution in [0.3, 0.4) is 0 Å². The predicted molar refractivity (Wildman–Crippen MR) is 91.0 cm³/mol. The fourth-order valence-electron chi connectivity index (χ4n) is 2.71. The van der Waals surface area contributed by atoms with E-state index in [0.717, 1.165) is 18.5 Å². The Bertz CT molecular complexity index is 540. The minimum absolute atomic E-state index is 0.0976. The molecule has 0 amide bonds. The lowest BCUT2D eigenvalue weighted by Gasteiger charge is -2.36. The molecule has 116 valence electrons. The Kier molecular flexibility index (Phi) is 5.36. The highest BCUT2D eigenvalue weighted by molar-refractivity contribution is 7.18. The second kappa shape index (κ2) is 6.86. The highest BCUT2D eigenvalue weighted by atomic mass is 32.1. The molecule has 1 aromatic carbocycles. The second-order valence-electron chi connectivity index (χ2n) is 6.42. The molecule has 2 unspecified atom stereocenters. The zero-order chi connectivity index (χ0) is 15.5. The number of rotatable bonds is 6. The molecule has 0 fully saturated rings. The second-order valence-corrected chi connectivity index (χ2v) is 7.53. The molecule has 2 rings (SSSR count). The van der Waals surface area contributed by atoms with E-state index in [2.05, 4.69) is 51.2 Å². The van der Waals surface area contributed by atoms with Gasteiger partial charge in [0.1, 0.15) is 0 Å². The van der Waals surface area contributed by atoms with Gasteiger partial charge in [0.25, 0.3) is 0 Å². The van der Waals surface area contributed by atoms with Crippen LogP contribution < -0.4 is 5.32 Å². The quantitative estimate of drug-likeness (QED) is 0.879. The van der Waals surface area contributed by atoms with Crippen molar-refractivity contribution in [1.29, 1.82) is 0 Å². The molecule has 0 aliphatic rings. The molecule has 0 spiro atoms. The van der Waals surface area contributed by atoms with Gasteiger partial charge in [-0.15, -0.1) is 11.3 Å². The summed E-state index contributed by atoms with van der Waals surface area (Å²) in [7, 11) is 2.01. The first-order valence-corrected chi connectivity index (χ1v) is 8.40. The molecular formula is C17H26N2OS. The fourth-order valence-corrected chi connectivity index (χ4v) is 3.73. The van der Waals surface area contributed by atoms with Crippen molar-refractivity contribution in [2.75, 3.05) is 13.7 Å². The molecule has 21 heavy (non-hydrogen) atoms. The lowest BCUT2D eigenvalue weighted by atomic mass is 9.83. The summed E-state index contributed by atoms with van der Waals surface area (Å²) in [4.78, 5) is 4.75. The van der Waals surface area contributed by atoms with E-state index in [1.807, 2.05) is 13.1 Å². The molecular weight excluding hydrogens is 280 g/mol. The summed E-state index contributed by atoms with van der Waals surface area (Å²) in [5, 5.41) is 4.60. The number of likely N-dealkylation sites (N-methyl/N-ethyl adjacent to an activating group) is 1. The van der Waals surface area contributed by atoms with Crippen LogP contribution in [0.25, 0.3) is 10.2 Å². The van der Waals surface area contributed by atoms with E-state index in [1.165, 1.54) is 9.71 Å². The summed E-state index contributed by atoms with van der Waals surface area (Å²) in [6.07, 6.45) is 1.07. The molecule has 1 N–H and O–H groups in total. The standard InChI is InChI=1S/C17H26N2OS/c1-6-20-16(17(2,3)4)13(18-5)11-15-19-12-9-7-8-10-14(12)21-15/h7-10,13,16,18H,6,11H2,1-5H3. The summed E-state index contributed by atoms with van der Waals surface area (Å²) in [5.74, 6) is 0. The third-order valence-corrected chi connectivity index (χ3v) is 4.73. The van der Waals surface area contributed by atoms with E-state index < -0.39 is 0 Å². The number of para-hydroxylation sites is 1. The normalized spacial score (nSPS) is 15.3. The Balaban J connectivity index is 2.20. The first-order valence-electron chi connectivity index (χ1n) is 7.59. The van der Waals surface area contributed by atoms with Gasteiger partial charge < -0.3 is 10.1 Å². The molecule has 1 aromatic heterocycles. The Morgan fingerprint density at radius 1 is 1.29 bits per heavy atom. The minimum atomic E-state index is 0.0976. The van der Waals surface area contributed by atoms with E-state index in [9.17, 15) is 0 Å². The van der Waals surface area contributed by atoms with E-state index in [0.29, 0.717) is 0 Å². The average Bonchev–Trinajstić information content (AvgIpc) is 2.83. The molecule has 3 nitrogen and oxygen atoms in total. The van der Waals surface area contributed by atoms with Gasteiger partial charge in [-0.1, -0.05) is 32.9 Å². The molecule has 0 aliphatic heterocycles. The molecule has 0 bridgehead atoms. The average molecular weight is 306 g/mol. The Morgan fingerprint density at radius 2 is 2.00 bits per heavy atom. The summed E-state index contributed by atoms with van der Waals surface area (Å²) in [5.41, 5.74) is 1.19. The smallest absolute Gasteiger partial charge is 0.0955 e. The zero-order valence-electron chi connectivity index (χ0n) is 13.6. The highest BCUT2D eigenvalue weighted by Gasteiger charge is 2.32. The molecule has 0 saturated carbocycles. The minimum Gasteiger partial charge on any atom is -0.376 e. The van der Waals surface area contributed by atoms with Gasteiger partial charge >= 0.3 is 0 Å². The largest absolute Gasteiger partial charge is 0.376 e. The number of thiazole rings is 1.